The Kier molecular flexibility index (Phi) is 3.86. The maximum atomic E-state index is 13.3. The summed E-state index contributed by atoms with van der Waals surface area (Å²) in [6, 6.07) is 4.69. The van der Waals surface area contributed by atoms with E-state index in [0.29, 0.717) is 5.56 Å². The van der Waals surface area contributed by atoms with Crippen LogP contribution in [0.2, 0.25) is 0 Å². The highest BCUT2D eigenvalue weighted by Gasteiger charge is 2.03. The maximum absolute atomic E-state index is 13.3. The Balaban J connectivity index is 2.98. The second-order valence-electron chi connectivity index (χ2n) is 3.46. The lowest BCUT2D eigenvalue weighted by atomic mass is 10.1. The molecule has 0 saturated heterocycles. The van der Waals surface area contributed by atoms with E-state index in [1.54, 1.807) is 32.1 Å². The molecule has 0 spiro atoms. The van der Waals surface area contributed by atoms with Crippen molar-refractivity contribution in [3.8, 4) is 5.75 Å². The summed E-state index contributed by atoms with van der Waals surface area (Å²) in [6.45, 7) is 3.47. The van der Waals surface area contributed by atoms with Crippen LogP contribution < -0.4 is 4.74 Å². The Labute approximate surface area is 89.0 Å². The van der Waals surface area contributed by atoms with E-state index in [1.165, 1.54) is 13.2 Å². The van der Waals surface area contributed by atoms with E-state index in [4.69, 9.17) is 4.74 Å². The monoisotopic (exact) mass is 210 g/mol. The van der Waals surface area contributed by atoms with Crippen molar-refractivity contribution in [3.05, 3.63) is 35.2 Å². The second kappa shape index (κ2) is 4.94. The standard InChI is InChI=1S/C12H15FO2/c1-8(9(2)14)6-10-4-5-12(15-3)11(13)7-10/h4-7,9,14H,1-3H3/b8-6-. The first-order valence-corrected chi connectivity index (χ1v) is 4.74. The first-order valence-electron chi connectivity index (χ1n) is 4.74. The zero-order valence-corrected chi connectivity index (χ0v) is 9.12. The lowest BCUT2D eigenvalue weighted by Crippen LogP contribution is -2.00. The summed E-state index contributed by atoms with van der Waals surface area (Å²) in [5.41, 5.74) is 1.51. The Morgan fingerprint density at radius 2 is 2.20 bits per heavy atom. The normalized spacial score (nSPS) is 13.8. The average molecular weight is 210 g/mol. The maximum Gasteiger partial charge on any atom is 0.165 e. The summed E-state index contributed by atoms with van der Waals surface area (Å²) in [4.78, 5) is 0. The van der Waals surface area contributed by atoms with Crippen LogP contribution in [0.1, 0.15) is 19.4 Å². The number of benzene rings is 1. The Morgan fingerprint density at radius 3 is 2.67 bits per heavy atom. The van der Waals surface area contributed by atoms with Crippen LogP contribution in [0.15, 0.2) is 23.8 Å². The van der Waals surface area contributed by atoms with E-state index in [-0.39, 0.29) is 5.75 Å². The van der Waals surface area contributed by atoms with Gasteiger partial charge in [0.2, 0.25) is 0 Å². The van der Waals surface area contributed by atoms with Gasteiger partial charge < -0.3 is 9.84 Å². The molecule has 0 saturated carbocycles. The summed E-state index contributed by atoms with van der Waals surface area (Å²) in [6.07, 6.45) is 1.22. The van der Waals surface area contributed by atoms with Crippen LogP contribution >= 0.6 is 0 Å². The van der Waals surface area contributed by atoms with Crippen molar-refractivity contribution in [2.45, 2.75) is 20.0 Å². The third-order valence-corrected chi connectivity index (χ3v) is 2.23. The van der Waals surface area contributed by atoms with Gasteiger partial charge in [-0.05, 0) is 37.1 Å². The molecule has 1 aromatic rings. The number of rotatable bonds is 3. The van der Waals surface area contributed by atoms with Crippen LogP contribution in [0, 0.1) is 5.82 Å². The number of hydrogen-bond donors (Lipinski definition) is 1. The van der Waals surface area contributed by atoms with E-state index in [9.17, 15) is 9.50 Å². The van der Waals surface area contributed by atoms with E-state index in [2.05, 4.69) is 0 Å². The van der Waals surface area contributed by atoms with Crippen LogP contribution in [0.4, 0.5) is 4.39 Å². The van der Waals surface area contributed by atoms with Crippen molar-refractivity contribution >= 4 is 6.08 Å². The molecule has 0 heterocycles. The third-order valence-electron chi connectivity index (χ3n) is 2.23. The minimum atomic E-state index is -0.518. The quantitative estimate of drug-likeness (QED) is 0.831. The molecule has 82 valence electrons. The molecule has 1 unspecified atom stereocenters. The predicted octanol–water partition coefficient (Wildman–Crippen LogP) is 2.62. The number of halogens is 1. The minimum absolute atomic E-state index is 0.224. The zero-order chi connectivity index (χ0) is 11.4. The van der Waals surface area contributed by atoms with Gasteiger partial charge in [0, 0.05) is 0 Å². The molecule has 3 heteroatoms. The van der Waals surface area contributed by atoms with Crippen molar-refractivity contribution in [1.29, 1.82) is 0 Å². The van der Waals surface area contributed by atoms with E-state index < -0.39 is 11.9 Å². The van der Waals surface area contributed by atoms with Crippen LogP contribution in [-0.4, -0.2) is 18.3 Å². The number of methoxy groups -OCH3 is 1. The van der Waals surface area contributed by atoms with Crippen LogP contribution in [-0.2, 0) is 0 Å². The molecule has 0 aliphatic rings. The number of ether oxygens (including phenoxy) is 1. The van der Waals surface area contributed by atoms with Gasteiger partial charge in [-0.25, -0.2) is 4.39 Å². The summed E-state index contributed by atoms with van der Waals surface area (Å²) in [7, 11) is 1.43. The molecule has 1 atom stereocenters. The number of aliphatic hydroxyl groups is 1. The molecule has 0 radical (unpaired) electrons. The fourth-order valence-corrected chi connectivity index (χ4v) is 1.16. The van der Waals surface area contributed by atoms with E-state index in [0.717, 1.165) is 5.57 Å². The number of hydrogen-bond acceptors (Lipinski definition) is 2. The van der Waals surface area contributed by atoms with E-state index >= 15 is 0 Å². The third kappa shape index (κ3) is 3.06. The average Bonchev–Trinajstić information content (AvgIpc) is 2.18. The van der Waals surface area contributed by atoms with Crippen molar-refractivity contribution in [3.63, 3.8) is 0 Å². The Morgan fingerprint density at radius 1 is 1.53 bits per heavy atom. The molecule has 1 rings (SSSR count). The summed E-state index contributed by atoms with van der Waals surface area (Å²) in [5, 5.41) is 9.27. The minimum Gasteiger partial charge on any atom is -0.494 e. The SMILES string of the molecule is COc1ccc(/C=C(/C)C(C)O)cc1F. The Hall–Kier alpha value is -1.35. The fourth-order valence-electron chi connectivity index (χ4n) is 1.16. The summed E-state index contributed by atoms with van der Waals surface area (Å²) >= 11 is 0. The van der Waals surface area contributed by atoms with Gasteiger partial charge in [0.05, 0.1) is 13.2 Å². The van der Waals surface area contributed by atoms with E-state index in [1.807, 2.05) is 0 Å². The fraction of sp³-hybridized carbons (Fsp3) is 0.333. The van der Waals surface area contributed by atoms with Crippen molar-refractivity contribution in [2.75, 3.05) is 7.11 Å². The van der Waals surface area contributed by atoms with Gasteiger partial charge in [-0.2, -0.15) is 0 Å². The lowest BCUT2D eigenvalue weighted by molar-refractivity contribution is 0.232. The van der Waals surface area contributed by atoms with Crippen molar-refractivity contribution < 1.29 is 14.2 Å². The van der Waals surface area contributed by atoms with Crippen LogP contribution in [0.3, 0.4) is 0 Å². The molecular weight excluding hydrogens is 195 g/mol. The first-order chi connectivity index (χ1) is 7.04. The van der Waals surface area contributed by atoms with Crippen molar-refractivity contribution in [1.82, 2.24) is 0 Å². The molecule has 1 N–H and O–H groups in total. The molecular formula is C12H15FO2. The van der Waals surface area contributed by atoms with Gasteiger partial charge in [0.15, 0.2) is 11.6 Å². The Bertz CT molecular complexity index is 370. The molecule has 0 fully saturated rings. The topological polar surface area (TPSA) is 29.5 Å². The van der Waals surface area contributed by atoms with Crippen molar-refractivity contribution in [2.24, 2.45) is 0 Å². The molecule has 0 aliphatic carbocycles. The van der Waals surface area contributed by atoms with Gasteiger partial charge in [-0.15, -0.1) is 0 Å². The lowest BCUT2D eigenvalue weighted by Gasteiger charge is -2.05. The van der Waals surface area contributed by atoms with Crippen LogP contribution in [0.25, 0.3) is 6.08 Å². The molecule has 15 heavy (non-hydrogen) atoms. The molecule has 1 aromatic carbocycles. The largest absolute Gasteiger partial charge is 0.494 e. The smallest absolute Gasteiger partial charge is 0.165 e. The molecule has 0 aliphatic heterocycles. The summed E-state index contributed by atoms with van der Waals surface area (Å²) in [5.74, 6) is -0.175. The van der Waals surface area contributed by atoms with Gasteiger partial charge in [0.1, 0.15) is 0 Å². The van der Waals surface area contributed by atoms with Gasteiger partial charge in [0.25, 0.3) is 0 Å². The highest BCUT2D eigenvalue weighted by molar-refractivity contribution is 5.54. The second-order valence-corrected chi connectivity index (χ2v) is 3.46. The highest BCUT2D eigenvalue weighted by atomic mass is 19.1. The van der Waals surface area contributed by atoms with Crippen LogP contribution in [0.5, 0.6) is 5.75 Å². The van der Waals surface area contributed by atoms with Gasteiger partial charge in [-0.1, -0.05) is 12.1 Å². The summed E-state index contributed by atoms with van der Waals surface area (Å²) < 4.78 is 18.1. The molecule has 0 amide bonds. The van der Waals surface area contributed by atoms with Gasteiger partial charge >= 0.3 is 0 Å². The zero-order valence-electron chi connectivity index (χ0n) is 9.12. The number of aliphatic hydroxyl groups excluding tert-OH is 1. The molecule has 0 aromatic heterocycles. The first kappa shape index (κ1) is 11.7. The molecule has 0 bridgehead atoms. The molecule has 2 nitrogen and oxygen atoms in total. The highest BCUT2D eigenvalue weighted by Crippen LogP contribution is 2.19. The van der Waals surface area contributed by atoms with Gasteiger partial charge in [-0.3, -0.25) is 0 Å². The predicted molar refractivity (Wildman–Crippen MR) is 58.3 cm³/mol.